The zero-order valence-corrected chi connectivity index (χ0v) is 9.30. The van der Waals surface area contributed by atoms with Gasteiger partial charge in [-0.15, -0.1) is 0 Å². The molecule has 0 aliphatic heterocycles. The number of nitrogens with one attached hydrogen (secondary N) is 1. The Labute approximate surface area is 91.6 Å². The molecule has 0 fully saturated rings. The van der Waals surface area contributed by atoms with Crippen molar-refractivity contribution in [2.24, 2.45) is 5.84 Å². The van der Waals surface area contributed by atoms with Gasteiger partial charge in [-0.25, -0.2) is 10.8 Å². The van der Waals surface area contributed by atoms with Gasteiger partial charge in [-0.1, -0.05) is 11.8 Å². The molecule has 0 aliphatic carbocycles. The van der Waals surface area contributed by atoms with Gasteiger partial charge in [0.25, 0.3) is 5.91 Å². The molecule has 0 radical (unpaired) electrons. The standard InChI is InChI=1S/C8H12N4O2S/c1-5-3-7(11-8(10-5)15-2)14-4-6(13)12-9/h3H,4,9H2,1-2H3,(H,12,13). The topological polar surface area (TPSA) is 90.1 Å². The first-order chi connectivity index (χ1) is 7.15. The lowest BCUT2D eigenvalue weighted by molar-refractivity contribution is -0.123. The van der Waals surface area contributed by atoms with Crippen LogP contribution in [0.2, 0.25) is 0 Å². The van der Waals surface area contributed by atoms with Crippen molar-refractivity contribution in [3.05, 3.63) is 11.8 Å². The molecule has 0 spiro atoms. The molecule has 3 N–H and O–H groups in total. The minimum atomic E-state index is -0.406. The van der Waals surface area contributed by atoms with Crippen molar-refractivity contribution in [3.8, 4) is 5.88 Å². The highest BCUT2D eigenvalue weighted by Crippen LogP contribution is 2.14. The van der Waals surface area contributed by atoms with Crippen molar-refractivity contribution >= 4 is 17.7 Å². The SMILES string of the molecule is CSc1nc(C)cc(OCC(=O)NN)n1. The summed E-state index contributed by atoms with van der Waals surface area (Å²) in [6.07, 6.45) is 1.87. The summed E-state index contributed by atoms with van der Waals surface area (Å²) in [6.45, 7) is 1.68. The molecule has 0 atom stereocenters. The number of rotatable bonds is 4. The number of hydrazine groups is 1. The van der Waals surface area contributed by atoms with Crippen LogP contribution in [-0.4, -0.2) is 28.7 Å². The number of nitrogens with two attached hydrogens (primary N) is 1. The monoisotopic (exact) mass is 228 g/mol. The van der Waals surface area contributed by atoms with E-state index in [2.05, 4.69) is 9.97 Å². The maximum absolute atomic E-state index is 10.8. The van der Waals surface area contributed by atoms with Gasteiger partial charge >= 0.3 is 0 Å². The number of hydrogen-bond donors (Lipinski definition) is 2. The third kappa shape index (κ3) is 3.72. The molecule has 0 bridgehead atoms. The molecule has 1 amide bonds. The van der Waals surface area contributed by atoms with Crippen molar-refractivity contribution in [1.29, 1.82) is 0 Å². The summed E-state index contributed by atoms with van der Waals surface area (Å²) in [5.74, 6) is 4.87. The van der Waals surface area contributed by atoms with Crippen molar-refractivity contribution in [1.82, 2.24) is 15.4 Å². The minimum absolute atomic E-state index is 0.152. The van der Waals surface area contributed by atoms with E-state index < -0.39 is 5.91 Å². The molecule has 0 aromatic carbocycles. The van der Waals surface area contributed by atoms with Crippen LogP contribution in [-0.2, 0) is 4.79 Å². The zero-order chi connectivity index (χ0) is 11.3. The summed E-state index contributed by atoms with van der Waals surface area (Å²) < 4.78 is 5.13. The van der Waals surface area contributed by atoms with Crippen LogP contribution in [0.5, 0.6) is 5.88 Å². The lowest BCUT2D eigenvalue weighted by Gasteiger charge is -2.05. The molecule has 0 saturated heterocycles. The summed E-state index contributed by atoms with van der Waals surface area (Å²) in [6, 6.07) is 1.66. The Morgan fingerprint density at radius 3 is 3.00 bits per heavy atom. The lowest BCUT2D eigenvalue weighted by Crippen LogP contribution is -2.34. The number of nitrogens with zero attached hydrogens (tertiary/aromatic N) is 2. The largest absolute Gasteiger partial charge is 0.467 e. The molecule has 1 aromatic heterocycles. The van der Waals surface area contributed by atoms with Crippen molar-refractivity contribution in [2.75, 3.05) is 12.9 Å². The first kappa shape index (κ1) is 11.7. The Balaban J connectivity index is 2.68. The number of carbonyl (C=O) groups is 1. The van der Waals surface area contributed by atoms with Crippen LogP contribution in [0.15, 0.2) is 11.2 Å². The van der Waals surface area contributed by atoms with E-state index in [1.54, 1.807) is 6.07 Å². The number of thioether (sulfide) groups is 1. The normalized spacial score (nSPS) is 9.80. The summed E-state index contributed by atoms with van der Waals surface area (Å²) in [5, 5.41) is 0.609. The second-order valence-electron chi connectivity index (χ2n) is 2.69. The van der Waals surface area contributed by atoms with E-state index in [1.165, 1.54) is 11.8 Å². The van der Waals surface area contributed by atoms with Crippen LogP contribution in [0.3, 0.4) is 0 Å². The molecule has 1 rings (SSSR count). The average Bonchev–Trinajstić information content (AvgIpc) is 2.25. The van der Waals surface area contributed by atoms with Crippen LogP contribution in [0.25, 0.3) is 0 Å². The smallest absolute Gasteiger partial charge is 0.271 e. The van der Waals surface area contributed by atoms with Crippen LogP contribution in [0, 0.1) is 6.92 Å². The summed E-state index contributed by atoms with van der Waals surface area (Å²) in [5.41, 5.74) is 2.76. The number of ether oxygens (including phenoxy) is 1. The Bertz CT molecular complexity index is 358. The van der Waals surface area contributed by atoms with E-state index in [4.69, 9.17) is 10.6 Å². The Hall–Kier alpha value is -1.34. The Morgan fingerprint density at radius 1 is 1.67 bits per heavy atom. The molecule has 1 aromatic rings. The molecule has 6 nitrogen and oxygen atoms in total. The van der Waals surface area contributed by atoms with E-state index in [-0.39, 0.29) is 6.61 Å². The second-order valence-corrected chi connectivity index (χ2v) is 3.46. The molecular weight excluding hydrogens is 216 g/mol. The lowest BCUT2D eigenvalue weighted by atomic mass is 10.4. The van der Waals surface area contributed by atoms with Gasteiger partial charge in [0.2, 0.25) is 5.88 Å². The zero-order valence-electron chi connectivity index (χ0n) is 8.48. The van der Waals surface area contributed by atoms with Gasteiger partial charge in [0, 0.05) is 11.8 Å². The second kappa shape index (κ2) is 5.52. The van der Waals surface area contributed by atoms with Gasteiger partial charge in [0.15, 0.2) is 11.8 Å². The van der Waals surface area contributed by atoms with E-state index in [1.807, 2.05) is 18.6 Å². The van der Waals surface area contributed by atoms with E-state index in [0.29, 0.717) is 11.0 Å². The molecule has 1 heterocycles. The fraction of sp³-hybridized carbons (Fsp3) is 0.375. The fourth-order valence-corrected chi connectivity index (χ4v) is 1.28. The molecule has 0 aliphatic rings. The van der Waals surface area contributed by atoms with Gasteiger partial charge in [-0.2, -0.15) is 4.98 Å². The highest BCUT2D eigenvalue weighted by Gasteiger charge is 2.04. The summed E-state index contributed by atoms with van der Waals surface area (Å²) in [4.78, 5) is 19.0. The predicted molar refractivity (Wildman–Crippen MR) is 56.4 cm³/mol. The third-order valence-electron chi connectivity index (χ3n) is 1.50. The number of hydrogen-bond acceptors (Lipinski definition) is 6. The van der Waals surface area contributed by atoms with Crippen LogP contribution < -0.4 is 16.0 Å². The Kier molecular flexibility index (Phi) is 4.32. The Morgan fingerprint density at radius 2 is 2.40 bits per heavy atom. The van der Waals surface area contributed by atoms with Gasteiger partial charge in [-0.05, 0) is 13.2 Å². The van der Waals surface area contributed by atoms with Gasteiger partial charge < -0.3 is 4.74 Å². The molecule has 0 unspecified atom stereocenters. The van der Waals surface area contributed by atoms with Crippen molar-refractivity contribution in [2.45, 2.75) is 12.1 Å². The maximum atomic E-state index is 10.8. The summed E-state index contributed by atoms with van der Waals surface area (Å²) >= 11 is 1.41. The molecular formula is C8H12N4O2S. The minimum Gasteiger partial charge on any atom is -0.467 e. The molecule has 15 heavy (non-hydrogen) atoms. The molecule has 82 valence electrons. The fourth-order valence-electron chi connectivity index (χ4n) is 0.860. The maximum Gasteiger partial charge on any atom is 0.271 e. The summed E-state index contributed by atoms with van der Waals surface area (Å²) in [7, 11) is 0. The predicted octanol–water partition coefficient (Wildman–Crippen LogP) is -0.124. The highest BCUT2D eigenvalue weighted by molar-refractivity contribution is 7.98. The molecule has 7 heteroatoms. The van der Waals surface area contributed by atoms with Gasteiger partial charge in [-0.3, -0.25) is 10.2 Å². The number of amides is 1. The first-order valence-electron chi connectivity index (χ1n) is 4.17. The highest BCUT2D eigenvalue weighted by atomic mass is 32.2. The van der Waals surface area contributed by atoms with Crippen LogP contribution in [0.1, 0.15) is 5.69 Å². The number of aryl methyl sites for hydroxylation is 1. The van der Waals surface area contributed by atoms with Gasteiger partial charge in [0.1, 0.15) is 0 Å². The van der Waals surface area contributed by atoms with Crippen molar-refractivity contribution in [3.63, 3.8) is 0 Å². The molecule has 0 saturated carbocycles. The van der Waals surface area contributed by atoms with Crippen molar-refractivity contribution < 1.29 is 9.53 Å². The van der Waals surface area contributed by atoms with E-state index >= 15 is 0 Å². The first-order valence-corrected chi connectivity index (χ1v) is 5.40. The van der Waals surface area contributed by atoms with Crippen LogP contribution in [0.4, 0.5) is 0 Å². The third-order valence-corrected chi connectivity index (χ3v) is 2.05. The average molecular weight is 228 g/mol. The quantitative estimate of drug-likeness (QED) is 0.245. The van der Waals surface area contributed by atoms with Crippen LogP contribution >= 0.6 is 11.8 Å². The van der Waals surface area contributed by atoms with Gasteiger partial charge in [0.05, 0.1) is 0 Å². The van der Waals surface area contributed by atoms with E-state index in [9.17, 15) is 4.79 Å². The number of carbonyl (C=O) groups excluding carboxylic acids is 1. The van der Waals surface area contributed by atoms with E-state index in [0.717, 1.165) is 5.69 Å². The number of aromatic nitrogens is 2.